The maximum absolute atomic E-state index is 13.3. The molecule has 0 saturated heterocycles. The number of ether oxygens (including phenoxy) is 1. The van der Waals surface area contributed by atoms with Gasteiger partial charge in [0.1, 0.15) is 6.73 Å². The summed E-state index contributed by atoms with van der Waals surface area (Å²) in [6.07, 6.45) is -4.59. The number of hydrogen-bond acceptors (Lipinski definition) is 3. The summed E-state index contributed by atoms with van der Waals surface area (Å²) in [5.74, 6) is -0.876. The second-order valence-electron chi connectivity index (χ2n) is 7.46. The Kier molecular flexibility index (Phi) is 6.68. The molecule has 0 spiro atoms. The fourth-order valence-corrected chi connectivity index (χ4v) is 3.53. The van der Waals surface area contributed by atoms with Crippen LogP contribution in [0.2, 0.25) is 25.7 Å². The highest BCUT2D eigenvalue weighted by Crippen LogP contribution is 2.31. The zero-order chi connectivity index (χ0) is 19.5. The summed E-state index contributed by atoms with van der Waals surface area (Å²) in [6.45, 7) is 8.67. The maximum atomic E-state index is 13.3. The molecule has 0 radical (unpaired) electrons. The Morgan fingerprint density at radius 3 is 2.42 bits per heavy atom. The molecule has 0 aliphatic rings. The fourth-order valence-electron chi connectivity index (χ4n) is 2.45. The minimum atomic E-state index is -4.59. The van der Waals surface area contributed by atoms with Crippen LogP contribution in [0.15, 0.2) is 18.2 Å². The third-order valence-corrected chi connectivity index (χ3v) is 6.12. The predicted molar refractivity (Wildman–Crippen MR) is 102 cm³/mol. The Morgan fingerprint density at radius 2 is 1.85 bits per heavy atom. The smallest absolute Gasteiger partial charge is 0.361 e. The normalized spacial score (nSPS) is 12.6. The molecule has 0 saturated carbocycles. The molecule has 0 unspecified atom stereocenters. The highest BCUT2D eigenvalue weighted by atomic mass is 79.9. The molecular formula is C17H23BrF3N3OSi. The van der Waals surface area contributed by atoms with Crippen molar-refractivity contribution in [1.82, 2.24) is 14.8 Å². The van der Waals surface area contributed by atoms with Crippen LogP contribution in [0.1, 0.15) is 17.0 Å². The van der Waals surface area contributed by atoms with Gasteiger partial charge in [-0.15, -0.1) is 10.2 Å². The van der Waals surface area contributed by atoms with Crippen LogP contribution in [-0.2, 0) is 23.0 Å². The van der Waals surface area contributed by atoms with Gasteiger partial charge in [0.2, 0.25) is 5.82 Å². The van der Waals surface area contributed by atoms with Gasteiger partial charge in [-0.25, -0.2) is 0 Å². The minimum Gasteiger partial charge on any atom is -0.361 e. The van der Waals surface area contributed by atoms with Gasteiger partial charge in [0.25, 0.3) is 0 Å². The summed E-state index contributed by atoms with van der Waals surface area (Å²) in [4.78, 5) is 0. The van der Waals surface area contributed by atoms with Gasteiger partial charge >= 0.3 is 6.18 Å². The van der Waals surface area contributed by atoms with Crippen LogP contribution in [-0.4, -0.2) is 29.4 Å². The molecule has 9 heteroatoms. The lowest BCUT2D eigenvalue weighted by Crippen LogP contribution is -2.23. The Morgan fingerprint density at radius 1 is 1.15 bits per heavy atom. The highest BCUT2D eigenvalue weighted by molar-refractivity contribution is 9.08. The van der Waals surface area contributed by atoms with Crippen molar-refractivity contribution in [3.05, 3.63) is 35.2 Å². The number of aryl methyl sites for hydroxylation is 1. The molecule has 2 aromatic rings. The summed E-state index contributed by atoms with van der Waals surface area (Å²) in [5.41, 5.74) is 2.50. The first-order valence-corrected chi connectivity index (χ1v) is 13.1. The summed E-state index contributed by atoms with van der Waals surface area (Å²) in [7, 11) is -1.32. The zero-order valence-electron chi connectivity index (χ0n) is 15.3. The van der Waals surface area contributed by atoms with Crippen LogP contribution in [0, 0.1) is 6.92 Å². The lowest BCUT2D eigenvalue weighted by Gasteiger charge is -2.17. The van der Waals surface area contributed by atoms with Crippen molar-refractivity contribution in [2.75, 3.05) is 6.61 Å². The topological polar surface area (TPSA) is 39.9 Å². The SMILES string of the molecule is Cc1cc(CBr)cc(-c2nnc(C(F)(F)F)n2COCC[Si](C)(C)C)c1. The molecular weight excluding hydrogens is 427 g/mol. The minimum absolute atomic E-state index is 0.163. The molecule has 1 aromatic carbocycles. The first-order valence-electron chi connectivity index (χ1n) is 8.26. The fraction of sp³-hybridized carbons (Fsp3) is 0.529. The van der Waals surface area contributed by atoms with Crippen molar-refractivity contribution in [2.45, 2.75) is 50.8 Å². The number of alkyl halides is 4. The standard InChI is InChI=1S/C17H23BrF3N3OSi/c1-12-7-13(10-18)9-14(8-12)15-22-23-16(17(19,20)21)24(15)11-25-5-6-26(2,3)4/h7-9H,5-6,10-11H2,1-4H3. The molecule has 0 fully saturated rings. The van der Waals surface area contributed by atoms with E-state index < -0.39 is 20.1 Å². The molecule has 0 bridgehead atoms. The molecule has 0 aliphatic heterocycles. The first kappa shape index (κ1) is 21.1. The van der Waals surface area contributed by atoms with E-state index in [1.54, 1.807) is 6.07 Å². The number of hydrogen-bond donors (Lipinski definition) is 0. The van der Waals surface area contributed by atoms with Gasteiger partial charge in [0.15, 0.2) is 5.82 Å². The van der Waals surface area contributed by atoms with E-state index in [0.717, 1.165) is 21.7 Å². The van der Waals surface area contributed by atoms with Gasteiger partial charge < -0.3 is 4.74 Å². The predicted octanol–water partition coefficient (Wildman–Crippen LogP) is 5.48. The Labute approximate surface area is 160 Å². The van der Waals surface area contributed by atoms with Crippen molar-refractivity contribution >= 4 is 24.0 Å². The van der Waals surface area contributed by atoms with Gasteiger partial charge in [0.05, 0.1) is 0 Å². The van der Waals surface area contributed by atoms with E-state index in [0.29, 0.717) is 17.5 Å². The van der Waals surface area contributed by atoms with Crippen LogP contribution in [0.4, 0.5) is 13.2 Å². The molecule has 144 valence electrons. The molecule has 0 atom stereocenters. The molecule has 1 aromatic heterocycles. The largest absolute Gasteiger partial charge is 0.451 e. The van der Waals surface area contributed by atoms with Crippen molar-refractivity contribution in [1.29, 1.82) is 0 Å². The van der Waals surface area contributed by atoms with E-state index in [1.807, 2.05) is 19.1 Å². The summed E-state index contributed by atoms with van der Waals surface area (Å²) in [6, 6.07) is 6.46. The van der Waals surface area contributed by atoms with Crippen LogP contribution in [0.25, 0.3) is 11.4 Å². The second-order valence-corrected chi connectivity index (χ2v) is 13.6. The average molecular weight is 450 g/mol. The van der Waals surface area contributed by atoms with Gasteiger partial charge in [0, 0.05) is 25.6 Å². The van der Waals surface area contributed by atoms with Gasteiger partial charge in [-0.2, -0.15) is 13.2 Å². The Balaban J connectivity index is 2.35. The van der Waals surface area contributed by atoms with Crippen molar-refractivity contribution in [3.63, 3.8) is 0 Å². The zero-order valence-corrected chi connectivity index (χ0v) is 17.9. The van der Waals surface area contributed by atoms with Crippen molar-refractivity contribution in [2.24, 2.45) is 0 Å². The molecule has 26 heavy (non-hydrogen) atoms. The Hall–Kier alpha value is -1.19. The van der Waals surface area contributed by atoms with Gasteiger partial charge in [-0.3, -0.25) is 4.57 Å². The van der Waals surface area contributed by atoms with Crippen molar-refractivity contribution in [3.8, 4) is 11.4 Å². The van der Waals surface area contributed by atoms with E-state index >= 15 is 0 Å². The molecule has 4 nitrogen and oxygen atoms in total. The van der Waals surface area contributed by atoms with E-state index in [2.05, 4.69) is 45.8 Å². The number of rotatable bonds is 7. The van der Waals surface area contributed by atoms with E-state index in [9.17, 15) is 13.2 Å². The maximum Gasteiger partial charge on any atom is 0.451 e. The second kappa shape index (κ2) is 8.22. The van der Waals surface area contributed by atoms with Gasteiger partial charge in [-0.1, -0.05) is 47.2 Å². The number of halogens is 4. The third-order valence-electron chi connectivity index (χ3n) is 3.77. The molecule has 0 aliphatic carbocycles. The summed E-state index contributed by atoms with van der Waals surface area (Å²) >= 11 is 3.38. The van der Waals surface area contributed by atoms with E-state index in [4.69, 9.17) is 4.74 Å². The Bertz CT molecular complexity index is 757. The van der Waals surface area contributed by atoms with E-state index in [1.165, 1.54) is 0 Å². The monoisotopic (exact) mass is 449 g/mol. The highest BCUT2D eigenvalue weighted by Gasteiger charge is 2.38. The number of aromatic nitrogens is 3. The average Bonchev–Trinajstić information content (AvgIpc) is 2.94. The number of benzene rings is 1. The van der Waals surface area contributed by atoms with Crippen LogP contribution in [0.5, 0.6) is 0 Å². The van der Waals surface area contributed by atoms with Gasteiger partial charge in [-0.05, 0) is 30.7 Å². The molecule has 0 amide bonds. The van der Waals surface area contributed by atoms with Crippen LogP contribution < -0.4 is 0 Å². The molecule has 0 N–H and O–H groups in total. The third kappa shape index (κ3) is 5.65. The number of nitrogens with zero attached hydrogens (tertiary/aromatic N) is 3. The first-order chi connectivity index (χ1) is 12.0. The quantitative estimate of drug-likeness (QED) is 0.319. The van der Waals surface area contributed by atoms with Crippen molar-refractivity contribution < 1.29 is 17.9 Å². The van der Waals surface area contributed by atoms with Crippen LogP contribution in [0.3, 0.4) is 0 Å². The molecule has 2 rings (SSSR count). The van der Waals surface area contributed by atoms with E-state index in [-0.39, 0.29) is 12.6 Å². The molecule has 1 heterocycles. The lowest BCUT2D eigenvalue weighted by molar-refractivity contribution is -0.149. The summed E-state index contributed by atoms with van der Waals surface area (Å²) < 4.78 is 46.5. The van der Waals surface area contributed by atoms with Crippen LogP contribution >= 0.6 is 15.9 Å². The summed E-state index contributed by atoms with van der Waals surface area (Å²) in [5, 5.41) is 7.79. The lowest BCUT2D eigenvalue weighted by atomic mass is 10.1.